The molecule has 0 aromatic heterocycles. The fourth-order valence-corrected chi connectivity index (χ4v) is 11.8. The third kappa shape index (κ3) is 60.3. The van der Waals surface area contributed by atoms with E-state index in [9.17, 15) is 43.2 Å². The van der Waals surface area contributed by atoms with Crippen LogP contribution < -0.4 is 0 Å². The highest BCUT2D eigenvalue weighted by atomic mass is 31.2. The van der Waals surface area contributed by atoms with Crippen molar-refractivity contribution in [3.8, 4) is 0 Å². The number of hydrogen-bond donors (Lipinski definition) is 3. The van der Waals surface area contributed by atoms with Crippen LogP contribution in [0.2, 0.25) is 0 Å². The lowest BCUT2D eigenvalue weighted by molar-refractivity contribution is -0.161. The van der Waals surface area contributed by atoms with Crippen LogP contribution in [-0.4, -0.2) is 96.7 Å². The fourth-order valence-electron chi connectivity index (χ4n) is 10.2. The van der Waals surface area contributed by atoms with Crippen LogP contribution in [0.3, 0.4) is 0 Å². The smallest absolute Gasteiger partial charge is 0.462 e. The summed E-state index contributed by atoms with van der Waals surface area (Å²) < 4.78 is 68.3. The molecule has 0 bridgehead atoms. The predicted molar refractivity (Wildman–Crippen MR) is 354 cm³/mol. The first-order chi connectivity index (χ1) is 42.2. The molecule has 0 amide bonds. The zero-order valence-corrected chi connectivity index (χ0v) is 59.1. The van der Waals surface area contributed by atoms with Crippen molar-refractivity contribution in [2.75, 3.05) is 39.6 Å². The van der Waals surface area contributed by atoms with E-state index in [-0.39, 0.29) is 25.7 Å². The molecule has 0 aliphatic rings. The molecule has 3 N–H and O–H groups in total. The summed E-state index contributed by atoms with van der Waals surface area (Å²) in [5.41, 5.74) is 0. The number of carbonyl (C=O) groups is 4. The monoisotopic (exact) mass is 1300 g/mol. The number of carbonyl (C=O) groups excluding carboxylic acids is 4. The summed E-state index contributed by atoms with van der Waals surface area (Å²) in [6.45, 7) is 14.1. The maximum Gasteiger partial charge on any atom is 0.472 e. The minimum atomic E-state index is -4.95. The van der Waals surface area contributed by atoms with Gasteiger partial charge in [-0.25, -0.2) is 9.13 Å². The third-order valence-corrected chi connectivity index (χ3v) is 18.4. The Labute approximate surface area is 537 Å². The van der Waals surface area contributed by atoms with Crippen LogP contribution in [-0.2, 0) is 65.4 Å². The molecular weight excluding hydrogens is 1160 g/mol. The van der Waals surface area contributed by atoms with E-state index in [1.807, 2.05) is 0 Å². The highest BCUT2D eigenvalue weighted by molar-refractivity contribution is 7.47. The number of ether oxygens (including phenoxy) is 4. The largest absolute Gasteiger partial charge is 0.472 e. The van der Waals surface area contributed by atoms with Crippen LogP contribution >= 0.6 is 15.6 Å². The van der Waals surface area contributed by atoms with Crippen molar-refractivity contribution < 1.29 is 80.2 Å². The summed E-state index contributed by atoms with van der Waals surface area (Å²) >= 11 is 0. The summed E-state index contributed by atoms with van der Waals surface area (Å²) in [5, 5.41) is 10.6. The second kappa shape index (κ2) is 58.8. The molecule has 0 aromatic carbocycles. The van der Waals surface area contributed by atoms with Crippen LogP contribution in [0.15, 0.2) is 0 Å². The second-order valence-corrected chi connectivity index (χ2v) is 29.3. The first kappa shape index (κ1) is 86.1. The van der Waals surface area contributed by atoms with Gasteiger partial charge < -0.3 is 33.8 Å². The molecular formula is C69H134O17P2. The van der Waals surface area contributed by atoms with E-state index in [2.05, 4.69) is 55.4 Å². The van der Waals surface area contributed by atoms with E-state index in [1.165, 1.54) is 141 Å². The molecule has 0 fully saturated rings. The lowest BCUT2D eigenvalue weighted by atomic mass is 9.99. The van der Waals surface area contributed by atoms with Crippen molar-refractivity contribution in [2.45, 2.75) is 356 Å². The van der Waals surface area contributed by atoms with Gasteiger partial charge in [0, 0.05) is 25.7 Å². The molecule has 19 heteroatoms. The number of phosphoric ester groups is 2. The van der Waals surface area contributed by atoms with Gasteiger partial charge in [0.15, 0.2) is 12.2 Å². The molecule has 17 nitrogen and oxygen atoms in total. The number of aliphatic hydroxyl groups excluding tert-OH is 1. The van der Waals surface area contributed by atoms with Crippen LogP contribution in [0.4, 0.5) is 0 Å². The molecule has 0 aromatic rings. The summed E-state index contributed by atoms with van der Waals surface area (Å²) in [7, 11) is -9.90. The van der Waals surface area contributed by atoms with Crippen LogP contribution in [0, 0.1) is 23.7 Å². The Balaban J connectivity index is 5.28. The minimum absolute atomic E-state index is 0.104. The van der Waals surface area contributed by atoms with Crippen molar-refractivity contribution in [1.29, 1.82) is 0 Å². The number of esters is 4. The van der Waals surface area contributed by atoms with E-state index in [1.54, 1.807) is 0 Å². The summed E-state index contributed by atoms with van der Waals surface area (Å²) in [6.07, 6.45) is 40.2. The van der Waals surface area contributed by atoms with Gasteiger partial charge in [-0.05, 0) is 49.4 Å². The Morgan fingerprint density at radius 2 is 0.545 bits per heavy atom. The number of hydrogen-bond acceptors (Lipinski definition) is 15. The Hall–Kier alpha value is -1.94. The van der Waals surface area contributed by atoms with Gasteiger partial charge in [0.2, 0.25) is 0 Å². The highest BCUT2D eigenvalue weighted by Gasteiger charge is 2.30. The third-order valence-electron chi connectivity index (χ3n) is 16.5. The van der Waals surface area contributed by atoms with Crippen molar-refractivity contribution in [2.24, 2.45) is 23.7 Å². The maximum absolute atomic E-state index is 13.0. The standard InChI is InChI=1S/C69H134O17P2/c1-9-61(7)47-39-31-23-16-19-26-34-42-50-67(72)80-55-64(85-68(73)51-43-35-27-14-12-11-13-21-29-37-45-59(3)4)57-83-87(75,76)81-53-63(70)54-82-88(77,78)84-58-65(56-79-66(71)49-41-33-25-18-15-22-30-38-46-60(5)6)86-69(74)52-44-36-28-20-17-24-32-40-48-62(8)10-2/h59-65,70H,9-58H2,1-8H3,(H,75,76)(H,77,78)/t61?,62?,63?,64-,65-/m1/s1. The molecule has 0 saturated carbocycles. The number of phosphoric acid groups is 2. The Morgan fingerprint density at radius 3 is 0.807 bits per heavy atom. The van der Waals surface area contributed by atoms with Gasteiger partial charge in [0.25, 0.3) is 0 Å². The van der Waals surface area contributed by atoms with Gasteiger partial charge in [0.05, 0.1) is 26.4 Å². The van der Waals surface area contributed by atoms with Crippen LogP contribution in [0.25, 0.3) is 0 Å². The average Bonchev–Trinajstić information content (AvgIpc) is 3.61. The van der Waals surface area contributed by atoms with Gasteiger partial charge >= 0.3 is 39.5 Å². The lowest BCUT2D eigenvalue weighted by Crippen LogP contribution is -2.30. The predicted octanol–water partition coefficient (Wildman–Crippen LogP) is 19.3. The number of unbranched alkanes of at least 4 members (excludes halogenated alkanes) is 30. The number of aliphatic hydroxyl groups is 1. The molecule has 0 radical (unpaired) electrons. The molecule has 5 unspecified atom stereocenters. The van der Waals surface area contributed by atoms with Gasteiger partial charge in [-0.1, -0.05) is 287 Å². The summed E-state index contributed by atoms with van der Waals surface area (Å²) in [6, 6.07) is 0. The normalized spacial score (nSPS) is 14.9. The SMILES string of the molecule is CCC(C)CCCCCCCCCCC(=O)OC[C@H](COP(=O)(O)OCC(O)COP(=O)(O)OC[C@@H](COC(=O)CCCCCCCCCCC(C)C)OC(=O)CCCCCCCCCCC(C)CC)OC(=O)CCCCCCCCCCCCC(C)C. The second-order valence-electron chi connectivity index (χ2n) is 26.4. The minimum Gasteiger partial charge on any atom is -0.462 e. The van der Waals surface area contributed by atoms with Crippen molar-refractivity contribution >= 4 is 39.5 Å². The van der Waals surface area contributed by atoms with Crippen LogP contribution in [0.5, 0.6) is 0 Å². The van der Waals surface area contributed by atoms with Crippen molar-refractivity contribution in [3.05, 3.63) is 0 Å². The molecule has 0 heterocycles. The van der Waals surface area contributed by atoms with Crippen molar-refractivity contribution in [1.82, 2.24) is 0 Å². The Bertz CT molecular complexity index is 1750. The molecule has 88 heavy (non-hydrogen) atoms. The van der Waals surface area contributed by atoms with Gasteiger partial charge in [0.1, 0.15) is 19.3 Å². The van der Waals surface area contributed by atoms with Crippen molar-refractivity contribution in [3.63, 3.8) is 0 Å². The summed E-state index contributed by atoms with van der Waals surface area (Å²) in [4.78, 5) is 72.5. The zero-order valence-electron chi connectivity index (χ0n) is 57.3. The van der Waals surface area contributed by atoms with Crippen LogP contribution in [0.1, 0.15) is 338 Å². The zero-order chi connectivity index (χ0) is 65.4. The number of rotatable bonds is 66. The fraction of sp³-hybridized carbons (Fsp3) is 0.942. The highest BCUT2D eigenvalue weighted by Crippen LogP contribution is 2.45. The van der Waals surface area contributed by atoms with E-state index in [0.717, 1.165) is 114 Å². The van der Waals surface area contributed by atoms with E-state index in [0.29, 0.717) is 25.7 Å². The van der Waals surface area contributed by atoms with E-state index >= 15 is 0 Å². The molecule has 0 spiro atoms. The molecule has 0 aliphatic carbocycles. The first-order valence-electron chi connectivity index (χ1n) is 35.8. The van der Waals surface area contributed by atoms with Gasteiger partial charge in [-0.15, -0.1) is 0 Å². The molecule has 7 atom stereocenters. The molecule has 0 aliphatic heterocycles. The first-order valence-corrected chi connectivity index (χ1v) is 38.8. The Morgan fingerprint density at radius 1 is 0.318 bits per heavy atom. The van der Waals surface area contributed by atoms with Gasteiger partial charge in [-0.3, -0.25) is 37.3 Å². The Kier molecular flexibility index (Phi) is 57.6. The van der Waals surface area contributed by atoms with Gasteiger partial charge in [-0.2, -0.15) is 0 Å². The lowest BCUT2D eigenvalue weighted by Gasteiger charge is -2.21. The van der Waals surface area contributed by atoms with E-state index < -0.39 is 97.5 Å². The topological polar surface area (TPSA) is 237 Å². The molecule has 0 rings (SSSR count). The maximum atomic E-state index is 13.0. The molecule has 0 saturated heterocycles. The molecule has 522 valence electrons. The quantitative estimate of drug-likeness (QED) is 0.0222. The average molecular weight is 1300 g/mol. The summed E-state index contributed by atoms with van der Waals surface area (Å²) in [5.74, 6) is 0.893. The van der Waals surface area contributed by atoms with E-state index in [4.69, 9.17) is 37.0 Å².